The molecule has 0 saturated carbocycles. The molecule has 6 heteroatoms. The lowest BCUT2D eigenvalue weighted by Gasteiger charge is -2.24. The zero-order valence-electron chi connectivity index (χ0n) is 9.86. The largest absolute Gasteiger partial charge is 0.538 e. The van der Waals surface area contributed by atoms with Crippen LogP contribution in [0.5, 0.6) is 0 Å². The highest BCUT2D eigenvalue weighted by Crippen LogP contribution is 2.42. The first-order valence-electron chi connectivity index (χ1n) is 6.11. The van der Waals surface area contributed by atoms with Crippen molar-refractivity contribution >= 4 is 14.6 Å². The van der Waals surface area contributed by atoms with E-state index in [-0.39, 0.29) is 16.7 Å². The summed E-state index contributed by atoms with van der Waals surface area (Å²) in [6, 6.07) is 7.32. The highest BCUT2D eigenvalue weighted by atomic mass is 31.1. The fourth-order valence-electron chi connectivity index (χ4n) is 2.61. The SMILES string of the molecule is O=[N+]([O-])c1ccc(C[C@H]2O[P-]N3CCC[C@@H]23)cc1. The van der Waals surface area contributed by atoms with E-state index in [0.717, 1.165) is 27.5 Å². The number of nitrogens with zero attached hydrogens (tertiary/aromatic N) is 2. The van der Waals surface area contributed by atoms with Gasteiger partial charge in [0.25, 0.3) is 5.69 Å². The zero-order chi connectivity index (χ0) is 12.5. The second-order valence-corrected chi connectivity index (χ2v) is 5.61. The van der Waals surface area contributed by atoms with E-state index in [1.807, 2.05) is 12.1 Å². The van der Waals surface area contributed by atoms with Crippen LogP contribution >= 0.6 is 8.96 Å². The molecule has 2 aliphatic heterocycles. The lowest BCUT2D eigenvalue weighted by Crippen LogP contribution is -2.29. The van der Waals surface area contributed by atoms with Crippen molar-refractivity contribution in [1.82, 2.24) is 4.67 Å². The van der Waals surface area contributed by atoms with Crippen molar-refractivity contribution in [2.75, 3.05) is 6.54 Å². The van der Waals surface area contributed by atoms with Gasteiger partial charge >= 0.3 is 0 Å². The van der Waals surface area contributed by atoms with Crippen LogP contribution in [0, 0.1) is 10.1 Å². The Balaban J connectivity index is 1.67. The van der Waals surface area contributed by atoms with Crippen LogP contribution in [0.3, 0.4) is 0 Å². The molecular weight excluding hydrogens is 251 g/mol. The van der Waals surface area contributed by atoms with Gasteiger partial charge in [-0.1, -0.05) is 12.1 Å². The minimum atomic E-state index is -0.368. The van der Waals surface area contributed by atoms with E-state index in [1.165, 1.54) is 12.8 Å². The van der Waals surface area contributed by atoms with Crippen molar-refractivity contribution in [3.63, 3.8) is 0 Å². The standard InChI is InChI=1S/C12H14N2O3P/c15-14(16)10-5-3-9(4-6-10)8-12-11-2-1-7-13(11)18-17-12/h3-6,11-12H,1-2,7-8H2/q-1/t11-,12+/m0/s1. The van der Waals surface area contributed by atoms with Gasteiger partial charge in [0.2, 0.25) is 0 Å². The molecule has 0 radical (unpaired) electrons. The normalized spacial score (nSPS) is 28.7. The number of nitro benzene ring substituents is 1. The van der Waals surface area contributed by atoms with Gasteiger partial charge in [-0.05, 0) is 31.4 Å². The third-order valence-electron chi connectivity index (χ3n) is 3.57. The molecular formula is C12H14N2O3P-. The van der Waals surface area contributed by atoms with Crippen LogP contribution in [-0.4, -0.2) is 28.3 Å². The summed E-state index contributed by atoms with van der Waals surface area (Å²) >= 11 is 0. The summed E-state index contributed by atoms with van der Waals surface area (Å²) in [5.74, 6) is 0. The van der Waals surface area contributed by atoms with Crippen LogP contribution in [0.4, 0.5) is 5.69 Å². The quantitative estimate of drug-likeness (QED) is 0.479. The van der Waals surface area contributed by atoms with Gasteiger partial charge in [0.05, 0.1) is 4.92 Å². The minimum Gasteiger partial charge on any atom is -0.538 e. The molecule has 2 atom stereocenters. The Morgan fingerprint density at radius 1 is 1.44 bits per heavy atom. The Hall–Kier alpha value is -1.03. The van der Waals surface area contributed by atoms with Crippen LogP contribution in [0.1, 0.15) is 18.4 Å². The molecule has 18 heavy (non-hydrogen) atoms. The van der Waals surface area contributed by atoms with Crippen LogP contribution in [-0.2, 0) is 10.9 Å². The number of fused-ring (bicyclic) bond motifs is 1. The molecule has 2 aliphatic rings. The molecule has 2 heterocycles. The molecule has 0 amide bonds. The number of nitro groups is 1. The first kappa shape index (κ1) is 12.0. The van der Waals surface area contributed by atoms with E-state index >= 15 is 0 Å². The summed E-state index contributed by atoms with van der Waals surface area (Å²) in [7, 11) is 0.983. The number of rotatable bonds is 3. The van der Waals surface area contributed by atoms with Crippen molar-refractivity contribution in [3.05, 3.63) is 39.9 Å². The number of hydrogen-bond acceptors (Lipinski definition) is 4. The molecule has 0 spiro atoms. The van der Waals surface area contributed by atoms with E-state index in [9.17, 15) is 10.1 Å². The van der Waals surface area contributed by atoms with E-state index in [2.05, 4.69) is 4.67 Å². The molecule has 0 aromatic heterocycles. The molecule has 1 aromatic rings. The lowest BCUT2D eigenvalue weighted by molar-refractivity contribution is -0.384. The van der Waals surface area contributed by atoms with Gasteiger partial charge in [-0.3, -0.25) is 10.1 Å². The topological polar surface area (TPSA) is 55.6 Å². The van der Waals surface area contributed by atoms with Gasteiger partial charge in [-0.15, -0.1) is 0 Å². The molecule has 3 rings (SSSR count). The molecule has 0 aliphatic carbocycles. The molecule has 0 bridgehead atoms. The van der Waals surface area contributed by atoms with Crippen LogP contribution in [0.2, 0.25) is 0 Å². The van der Waals surface area contributed by atoms with Crippen LogP contribution in [0.25, 0.3) is 0 Å². The first-order valence-corrected chi connectivity index (χ1v) is 6.87. The third-order valence-corrected chi connectivity index (χ3v) is 4.64. The van der Waals surface area contributed by atoms with Crippen molar-refractivity contribution in [1.29, 1.82) is 0 Å². The average molecular weight is 265 g/mol. The highest BCUT2D eigenvalue weighted by Gasteiger charge is 2.30. The smallest absolute Gasteiger partial charge is 0.269 e. The fraction of sp³-hybridized carbons (Fsp3) is 0.500. The first-order chi connectivity index (χ1) is 8.74. The maximum absolute atomic E-state index is 10.6. The molecule has 5 nitrogen and oxygen atoms in total. The van der Waals surface area contributed by atoms with Crippen molar-refractivity contribution in [2.45, 2.75) is 31.4 Å². The van der Waals surface area contributed by atoms with Crippen LogP contribution < -0.4 is 0 Å². The summed E-state index contributed by atoms with van der Waals surface area (Å²) in [6.45, 7) is 1.13. The zero-order valence-corrected chi connectivity index (χ0v) is 10.8. The predicted octanol–water partition coefficient (Wildman–Crippen LogP) is 2.78. The van der Waals surface area contributed by atoms with E-state index < -0.39 is 0 Å². The molecule has 2 fully saturated rings. The van der Waals surface area contributed by atoms with E-state index in [4.69, 9.17) is 4.52 Å². The number of hydrogen-bond donors (Lipinski definition) is 0. The molecule has 1 aromatic carbocycles. The van der Waals surface area contributed by atoms with E-state index in [0.29, 0.717) is 6.04 Å². The molecule has 2 saturated heterocycles. The van der Waals surface area contributed by atoms with Crippen molar-refractivity contribution in [3.8, 4) is 0 Å². The summed E-state index contributed by atoms with van der Waals surface area (Å²) in [5, 5.41) is 10.6. The van der Waals surface area contributed by atoms with Crippen molar-refractivity contribution < 1.29 is 9.45 Å². The summed E-state index contributed by atoms with van der Waals surface area (Å²) in [4.78, 5) is 10.2. The minimum absolute atomic E-state index is 0.145. The lowest BCUT2D eigenvalue weighted by atomic mass is 10.0. The number of non-ortho nitro benzene ring substituents is 1. The van der Waals surface area contributed by atoms with Gasteiger partial charge in [0.15, 0.2) is 0 Å². The number of benzene rings is 1. The second kappa shape index (κ2) is 4.92. The van der Waals surface area contributed by atoms with Gasteiger partial charge in [-0.25, -0.2) is 0 Å². The highest BCUT2D eigenvalue weighted by molar-refractivity contribution is 7.29. The monoisotopic (exact) mass is 265 g/mol. The summed E-state index contributed by atoms with van der Waals surface area (Å²) < 4.78 is 8.12. The molecule has 0 unspecified atom stereocenters. The third kappa shape index (κ3) is 2.26. The second-order valence-electron chi connectivity index (χ2n) is 4.73. The van der Waals surface area contributed by atoms with Crippen molar-refractivity contribution in [2.24, 2.45) is 0 Å². The van der Waals surface area contributed by atoms with Gasteiger partial charge in [-0.2, -0.15) is 0 Å². The average Bonchev–Trinajstić information content (AvgIpc) is 2.95. The maximum Gasteiger partial charge on any atom is 0.269 e. The van der Waals surface area contributed by atoms with Crippen LogP contribution in [0.15, 0.2) is 24.3 Å². The maximum atomic E-state index is 10.6. The van der Waals surface area contributed by atoms with E-state index in [1.54, 1.807) is 12.1 Å². The fourth-order valence-corrected chi connectivity index (χ4v) is 3.67. The predicted molar refractivity (Wildman–Crippen MR) is 68.3 cm³/mol. The summed E-state index contributed by atoms with van der Waals surface area (Å²) in [6.07, 6.45) is 3.52. The van der Waals surface area contributed by atoms with Gasteiger partial charge in [0.1, 0.15) is 0 Å². The Morgan fingerprint density at radius 3 is 2.94 bits per heavy atom. The van der Waals surface area contributed by atoms with Gasteiger partial charge < -0.3 is 18.2 Å². The Kier molecular flexibility index (Phi) is 3.29. The summed E-state index contributed by atoms with van der Waals surface area (Å²) in [5.41, 5.74) is 1.25. The Bertz CT molecular complexity index is 451. The Labute approximate surface area is 107 Å². The van der Waals surface area contributed by atoms with Gasteiger partial charge in [0, 0.05) is 24.3 Å². The molecule has 0 N–H and O–H groups in total. The Morgan fingerprint density at radius 2 is 2.22 bits per heavy atom. The molecule has 96 valence electrons.